The molecule has 1 aromatic heterocycles. The number of fused-ring (bicyclic) bond motifs is 1. The smallest absolute Gasteiger partial charge is 0.414 e. The molecule has 168 valence electrons. The Hall–Kier alpha value is -2.58. The first-order valence-corrected chi connectivity index (χ1v) is 10.8. The van der Waals surface area contributed by atoms with Crippen LogP contribution < -0.4 is 9.64 Å². The van der Waals surface area contributed by atoms with E-state index in [9.17, 15) is 9.90 Å². The Kier molecular flexibility index (Phi) is 5.94. The highest BCUT2D eigenvalue weighted by Gasteiger charge is 2.33. The molecule has 0 spiro atoms. The van der Waals surface area contributed by atoms with Gasteiger partial charge in [0.05, 0.1) is 37.2 Å². The zero-order valence-corrected chi connectivity index (χ0v) is 18.6. The van der Waals surface area contributed by atoms with Crippen molar-refractivity contribution in [3.63, 3.8) is 0 Å². The van der Waals surface area contributed by atoms with Crippen molar-refractivity contribution in [2.45, 2.75) is 64.3 Å². The number of methoxy groups -OCH3 is 1. The third kappa shape index (κ3) is 4.55. The lowest BCUT2D eigenvalue weighted by Crippen LogP contribution is -2.42. The number of hydrogen-bond acceptors (Lipinski definition) is 6. The van der Waals surface area contributed by atoms with Gasteiger partial charge >= 0.3 is 6.09 Å². The summed E-state index contributed by atoms with van der Waals surface area (Å²) in [5.74, 6) is 0.761. The monoisotopic (exact) mass is 429 g/mol. The van der Waals surface area contributed by atoms with Gasteiger partial charge in [0.25, 0.3) is 0 Å². The summed E-state index contributed by atoms with van der Waals surface area (Å²) in [5, 5.41) is 14.5. The lowest BCUT2D eigenvalue weighted by Gasteiger charge is -2.36. The van der Waals surface area contributed by atoms with Gasteiger partial charge in [0, 0.05) is 42.0 Å². The maximum Gasteiger partial charge on any atom is 0.414 e. The van der Waals surface area contributed by atoms with Gasteiger partial charge < -0.3 is 19.3 Å². The second-order valence-corrected chi connectivity index (χ2v) is 9.00. The van der Waals surface area contributed by atoms with Crippen molar-refractivity contribution in [2.75, 3.05) is 25.2 Å². The van der Waals surface area contributed by atoms with Crippen LogP contribution >= 0.6 is 0 Å². The van der Waals surface area contributed by atoms with Gasteiger partial charge in [-0.3, -0.25) is 9.58 Å². The minimum atomic E-state index is -0.864. The van der Waals surface area contributed by atoms with Crippen LogP contribution in [0.15, 0.2) is 24.5 Å². The van der Waals surface area contributed by atoms with E-state index in [4.69, 9.17) is 14.2 Å². The van der Waals surface area contributed by atoms with E-state index >= 15 is 0 Å². The average Bonchev–Trinajstić information content (AvgIpc) is 3.12. The Bertz CT molecular complexity index is 945. The van der Waals surface area contributed by atoms with E-state index in [0.717, 1.165) is 54.0 Å². The first-order chi connectivity index (χ1) is 14.8. The van der Waals surface area contributed by atoms with Crippen molar-refractivity contribution in [3.05, 3.63) is 30.1 Å². The van der Waals surface area contributed by atoms with Gasteiger partial charge in [-0.05, 0) is 45.7 Å². The molecule has 8 heteroatoms. The number of rotatable bonds is 6. The highest BCUT2D eigenvalue weighted by Crippen LogP contribution is 2.43. The van der Waals surface area contributed by atoms with Crippen LogP contribution in [0.1, 0.15) is 39.2 Å². The molecule has 1 unspecified atom stereocenters. The first-order valence-electron chi connectivity index (χ1n) is 10.8. The molecule has 1 N–H and O–H groups in total. The molecule has 3 heterocycles. The molecule has 0 bridgehead atoms. The van der Waals surface area contributed by atoms with E-state index in [0.29, 0.717) is 13.2 Å². The fourth-order valence-corrected chi connectivity index (χ4v) is 4.15. The Labute approximate surface area is 182 Å². The molecule has 0 radical (unpaired) electrons. The number of nitrogens with zero attached hydrogens (tertiary/aromatic N) is 3. The number of aromatic nitrogens is 2. The first kappa shape index (κ1) is 21.6. The lowest BCUT2D eigenvalue weighted by atomic mass is 9.92. The lowest BCUT2D eigenvalue weighted by molar-refractivity contribution is -0.0721. The summed E-state index contributed by atoms with van der Waals surface area (Å²) in [6.45, 7) is 7.15. The molecule has 1 fully saturated rings. The number of carbonyl (C=O) groups excluding carboxylic acids is 1. The highest BCUT2D eigenvalue weighted by molar-refractivity contribution is 5.92. The van der Waals surface area contributed by atoms with Crippen LogP contribution in [0.25, 0.3) is 11.1 Å². The molecule has 0 saturated carbocycles. The van der Waals surface area contributed by atoms with E-state index in [1.54, 1.807) is 29.6 Å². The second-order valence-electron chi connectivity index (χ2n) is 9.00. The summed E-state index contributed by atoms with van der Waals surface area (Å²) in [7, 11) is 1.40. The molecule has 2 aliphatic heterocycles. The van der Waals surface area contributed by atoms with Crippen LogP contribution in [0.4, 0.5) is 10.5 Å². The SMILES string of the molecule is COC(=O)N1c2ccc(-c3cnn(CC(C)(C)O)c3)c(OCC3CCO3)c2CC[C@@H]1C. The van der Waals surface area contributed by atoms with Crippen LogP contribution in [0, 0.1) is 0 Å². The van der Waals surface area contributed by atoms with Crippen LogP contribution in [0.3, 0.4) is 0 Å². The van der Waals surface area contributed by atoms with Crippen molar-refractivity contribution in [1.29, 1.82) is 0 Å². The Morgan fingerprint density at radius 1 is 1.35 bits per heavy atom. The van der Waals surface area contributed by atoms with Crippen molar-refractivity contribution in [3.8, 4) is 16.9 Å². The number of anilines is 1. The summed E-state index contributed by atoms with van der Waals surface area (Å²) in [6.07, 6.45) is 6.03. The third-order valence-corrected chi connectivity index (χ3v) is 5.82. The largest absolute Gasteiger partial charge is 0.490 e. The molecule has 4 rings (SSSR count). The predicted molar refractivity (Wildman–Crippen MR) is 116 cm³/mol. The van der Waals surface area contributed by atoms with Crippen LogP contribution in [0.2, 0.25) is 0 Å². The van der Waals surface area contributed by atoms with Crippen LogP contribution in [0.5, 0.6) is 5.75 Å². The topological polar surface area (TPSA) is 86.1 Å². The molecule has 0 aliphatic carbocycles. The van der Waals surface area contributed by atoms with Crippen LogP contribution in [-0.4, -0.2) is 59.1 Å². The molecule has 1 aromatic carbocycles. The molecular weight excluding hydrogens is 398 g/mol. The highest BCUT2D eigenvalue weighted by atomic mass is 16.6. The van der Waals surface area contributed by atoms with E-state index < -0.39 is 5.60 Å². The summed E-state index contributed by atoms with van der Waals surface area (Å²) in [6, 6.07) is 3.97. The van der Waals surface area contributed by atoms with Gasteiger partial charge in [0.1, 0.15) is 12.4 Å². The van der Waals surface area contributed by atoms with Crippen molar-refractivity contribution in [1.82, 2.24) is 9.78 Å². The maximum absolute atomic E-state index is 12.5. The summed E-state index contributed by atoms with van der Waals surface area (Å²) < 4.78 is 18.6. The summed E-state index contributed by atoms with van der Waals surface area (Å²) in [4.78, 5) is 14.2. The molecule has 2 aromatic rings. The van der Waals surface area contributed by atoms with Gasteiger partial charge in [-0.1, -0.05) is 0 Å². The van der Waals surface area contributed by atoms with E-state index in [1.807, 2.05) is 25.3 Å². The molecule has 8 nitrogen and oxygen atoms in total. The van der Waals surface area contributed by atoms with Gasteiger partial charge in [-0.25, -0.2) is 4.79 Å². The summed E-state index contributed by atoms with van der Waals surface area (Å²) >= 11 is 0. The van der Waals surface area contributed by atoms with Gasteiger partial charge in [-0.2, -0.15) is 5.10 Å². The van der Waals surface area contributed by atoms with Crippen molar-refractivity contribution in [2.24, 2.45) is 0 Å². The number of carbonyl (C=O) groups is 1. The zero-order chi connectivity index (χ0) is 22.2. The molecule has 1 amide bonds. The predicted octanol–water partition coefficient (Wildman–Crippen LogP) is 3.40. The number of aliphatic hydroxyl groups is 1. The Morgan fingerprint density at radius 2 is 2.13 bits per heavy atom. The van der Waals surface area contributed by atoms with Gasteiger partial charge in [0.2, 0.25) is 0 Å². The van der Waals surface area contributed by atoms with E-state index in [-0.39, 0.29) is 18.2 Å². The normalized spacial score (nSPS) is 20.7. The number of amides is 1. The molecule has 2 aliphatic rings. The van der Waals surface area contributed by atoms with E-state index in [1.165, 1.54) is 7.11 Å². The van der Waals surface area contributed by atoms with E-state index in [2.05, 4.69) is 5.10 Å². The average molecular weight is 430 g/mol. The van der Waals surface area contributed by atoms with Gasteiger partial charge in [0.15, 0.2) is 0 Å². The quantitative estimate of drug-likeness (QED) is 0.758. The minimum absolute atomic E-state index is 0.0446. The molecular formula is C23H31N3O5. The van der Waals surface area contributed by atoms with Crippen molar-refractivity contribution < 1.29 is 24.1 Å². The summed E-state index contributed by atoms with van der Waals surface area (Å²) in [5.41, 5.74) is 2.77. The molecule has 2 atom stereocenters. The fraction of sp³-hybridized carbons (Fsp3) is 0.565. The number of benzene rings is 1. The Balaban J connectivity index is 1.74. The third-order valence-electron chi connectivity index (χ3n) is 5.82. The van der Waals surface area contributed by atoms with Crippen LogP contribution in [-0.2, 0) is 22.4 Å². The standard InChI is InChI=1S/C23H31N3O5/c1-15-5-6-19-20(26(15)22(27)29-4)8-7-18(21(19)31-13-17-9-10-30-17)16-11-24-25(12-16)14-23(2,3)28/h7-8,11-12,15,17,28H,5-6,9-10,13-14H2,1-4H3/t15-,17?/m0/s1. The van der Waals surface area contributed by atoms with Gasteiger partial charge in [-0.15, -0.1) is 0 Å². The maximum atomic E-state index is 12.5. The van der Waals surface area contributed by atoms with Crippen molar-refractivity contribution >= 4 is 11.8 Å². The molecule has 31 heavy (non-hydrogen) atoms. The zero-order valence-electron chi connectivity index (χ0n) is 18.6. The fourth-order valence-electron chi connectivity index (χ4n) is 4.15. The Morgan fingerprint density at radius 3 is 2.77 bits per heavy atom. The number of hydrogen-bond donors (Lipinski definition) is 1. The molecule has 1 saturated heterocycles. The number of ether oxygens (including phenoxy) is 3. The second kappa shape index (κ2) is 8.51. The minimum Gasteiger partial charge on any atom is -0.490 e.